The molecule has 0 fully saturated rings. The monoisotopic (exact) mass is 585 g/mol. The highest BCUT2D eigenvalue weighted by molar-refractivity contribution is 5.97. The summed E-state index contributed by atoms with van der Waals surface area (Å²) in [6.07, 6.45) is 0. The van der Waals surface area contributed by atoms with Crippen LogP contribution in [0.25, 0.3) is 77.8 Å². The van der Waals surface area contributed by atoms with Gasteiger partial charge in [-0.3, -0.25) is 0 Å². The van der Waals surface area contributed by atoms with E-state index in [-0.39, 0.29) is 0 Å². The van der Waals surface area contributed by atoms with Crippen LogP contribution in [0.2, 0.25) is 0 Å². The molecule has 216 valence electrons. The van der Waals surface area contributed by atoms with Crippen molar-refractivity contribution in [3.63, 3.8) is 0 Å². The molecule has 1 heterocycles. The van der Waals surface area contributed by atoms with E-state index < -0.39 is 0 Å². The molecule has 0 bridgehead atoms. The van der Waals surface area contributed by atoms with Gasteiger partial charge in [-0.15, -0.1) is 0 Å². The SMILES string of the molecule is c1ccc(-c2cc(-c3ccccc3)cc(-c3cccc(-c4cccc(-c5cc6ccccc6c(-c6ccccc6)n5)c4)c3)c2)cc1. The van der Waals surface area contributed by atoms with Crippen LogP contribution < -0.4 is 0 Å². The van der Waals surface area contributed by atoms with Gasteiger partial charge >= 0.3 is 0 Å². The number of rotatable bonds is 6. The maximum atomic E-state index is 5.22. The first-order chi connectivity index (χ1) is 22.8. The molecule has 0 radical (unpaired) electrons. The lowest BCUT2D eigenvalue weighted by Crippen LogP contribution is -1.91. The number of pyridine rings is 1. The van der Waals surface area contributed by atoms with E-state index in [0.29, 0.717) is 0 Å². The van der Waals surface area contributed by atoms with E-state index in [1.54, 1.807) is 0 Å². The Morgan fingerprint density at radius 3 is 1.24 bits per heavy atom. The molecule has 1 aromatic heterocycles. The van der Waals surface area contributed by atoms with Crippen LogP contribution in [0, 0.1) is 0 Å². The minimum Gasteiger partial charge on any atom is -0.247 e. The van der Waals surface area contributed by atoms with Gasteiger partial charge in [0.1, 0.15) is 0 Å². The van der Waals surface area contributed by atoms with Crippen molar-refractivity contribution in [2.75, 3.05) is 0 Å². The molecular weight excluding hydrogens is 555 g/mol. The second-order valence-electron chi connectivity index (χ2n) is 11.6. The van der Waals surface area contributed by atoms with Gasteiger partial charge in [-0.25, -0.2) is 4.98 Å². The zero-order valence-electron chi connectivity index (χ0n) is 25.3. The highest BCUT2D eigenvalue weighted by atomic mass is 14.7. The van der Waals surface area contributed by atoms with Gasteiger partial charge in [-0.2, -0.15) is 0 Å². The first kappa shape index (κ1) is 27.5. The maximum Gasteiger partial charge on any atom is 0.0787 e. The summed E-state index contributed by atoms with van der Waals surface area (Å²) in [5.74, 6) is 0. The van der Waals surface area contributed by atoms with E-state index in [0.717, 1.165) is 33.5 Å². The molecule has 0 aliphatic rings. The lowest BCUT2D eigenvalue weighted by atomic mass is 9.92. The highest BCUT2D eigenvalue weighted by Gasteiger charge is 2.12. The third-order valence-corrected chi connectivity index (χ3v) is 8.62. The molecule has 0 unspecified atom stereocenters. The van der Waals surface area contributed by atoms with Gasteiger partial charge in [0.05, 0.1) is 11.4 Å². The summed E-state index contributed by atoms with van der Waals surface area (Å²) in [6, 6.07) is 67.0. The molecule has 0 N–H and O–H groups in total. The fraction of sp³-hybridized carbons (Fsp3) is 0. The number of hydrogen-bond donors (Lipinski definition) is 0. The average Bonchev–Trinajstić information content (AvgIpc) is 3.15. The zero-order valence-corrected chi connectivity index (χ0v) is 25.3. The van der Waals surface area contributed by atoms with Crippen molar-refractivity contribution in [3.05, 3.63) is 188 Å². The van der Waals surface area contributed by atoms with Gasteiger partial charge < -0.3 is 0 Å². The fourth-order valence-corrected chi connectivity index (χ4v) is 6.29. The molecule has 0 spiro atoms. The Morgan fingerprint density at radius 1 is 0.261 bits per heavy atom. The van der Waals surface area contributed by atoms with E-state index in [1.165, 1.54) is 44.3 Å². The second-order valence-corrected chi connectivity index (χ2v) is 11.6. The molecule has 0 amide bonds. The fourth-order valence-electron chi connectivity index (χ4n) is 6.29. The predicted octanol–water partition coefficient (Wildman–Crippen LogP) is 12.2. The number of nitrogens with zero attached hydrogens (tertiary/aromatic N) is 1. The Labute approximate surface area is 270 Å². The van der Waals surface area contributed by atoms with E-state index in [4.69, 9.17) is 4.98 Å². The number of fused-ring (bicyclic) bond motifs is 1. The first-order valence-electron chi connectivity index (χ1n) is 15.7. The second kappa shape index (κ2) is 12.1. The van der Waals surface area contributed by atoms with Gasteiger partial charge in [0, 0.05) is 16.5 Å². The molecule has 0 saturated carbocycles. The van der Waals surface area contributed by atoms with Crippen molar-refractivity contribution < 1.29 is 0 Å². The van der Waals surface area contributed by atoms with E-state index in [2.05, 4.69) is 182 Å². The minimum atomic E-state index is 0.971. The van der Waals surface area contributed by atoms with E-state index in [9.17, 15) is 0 Å². The summed E-state index contributed by atoms with van der Waals surface area (Å²) in [4.78, 5) is 5.22. The largest absolute Gasteiger partial charge is 0.247 e. The average molecular weight is 586 g/mol. The molecule has 8 rings (SSSR count). The van der Waals surface area contributed by atoms with Crippen LogP contribution in [-0.4, -0.2) is 4.98 Å². The molecule has 1 nitrogen and oxygen atoms in total. The van der Waals surface area contributed by atoms with E-state index in [1.807, 2.05) is 6.07 Å². The lowest BCUT2D eigenvalue weighted by molar-refractivity contribution is 1.35. The summed E-state index contributed by atoms with van der Waals surface area (Å²) < 4.78 is 0. The molecule has 7 aromatic carbocycles. The minimum absolute atomic E-state index is 0.971. The molecule has 46 heavy (non-hydrogen) atoms. The Hall–Kier alpha value is -6.05. The van der Waals surface area contributed by atoms with Gasteiger partial charge in [0.25, 0.3) is 0 Å². The van der Waals surface area contributed by atoms with Gasteiger partial charge in [0.15, 0.2) is 0 Å². The molecule has 0 aliphatic carbocycles. The van der Waals surface area contributed by atoms with Crippen molar-refractivity contribution >= 4 is 10.8 Å². The topological polar surface area (TPSA) is 12.9 Å². The molecule has 8 aromatic rings. The van der Waals surface area contributed by atoms with Crippen LogP contribution in [-0.2, 0) is 0 Å². The Kier molecular flexibility index (Phi) is 7.26. The molecule has 1 heteroatoms. The van der Waals surface area contributed by atoms with Crippen molar-refractivity contribution in [1.82, 2.24) is 4.98 Å². The van der Waals surface area contributed by atoms with Crippen molar-refractivity contribution in [2.24, 2.45) is 0 Å². The molecular formula is C45H31N. The third kappa shape index (κ3) is 5.51. The van der Waals surface area contributed by atoms with E-state index >= 15 is 0 Å². The van der Waals surface area contributed by atoms with Crippen LogP contribution >= 0.6 is 0 Å². The number of benzene rings is 7. The smallest absolute Gasteiger partial charge is 0.0787 e. The quantitative estimate of drug-likeness (QED) is 0.189. The summed E-state index contributed by atoms with van der Waals surface area (Å²) in [7, 11) is 0. The zero-order chi connectivity index (χ0) is 30.7. The normalized spacial score (nSPS) is 11.0. The van der Waals surface area contributed by atoms with Gasteiger partial charge in [0.2, 0.25) is 0 Å². The summed E-state index contributed by atoms with van der Waals surface area (Å²) >= 11 is 0. The van der Waals surface area contributed by atoms with Crippen LogP contribution in [0.1, 0.15) is 0 Å². The standard InChI is InChI=1S/C45H31N/c1-4-14-32(15-5-1)40-28-41(33-16-6-2-7-17-33)30-42(29-40)37-23-12-21-35(26-37)36-22-13-24-39(27-36)44-31-38-20-10-11-25-43(38)45(46-44)34-18-8-3-9-19-34/h1-31H. The highest BCUT2D eigenvalue weighted by Crippen LogP contribution is 2.36. The number of hydrogen-bond acceptors (Lipinski definition) is 1. The maximum absolute atomic E-state index is 5.22. The van der Waals surface area contributed by atoms with Crippen LogP contribution in [0.5, 0.6) is 0 Å². The van der Waals surface area contributed by atoms with Crippen LogP contribution in [0.15, 0.2) is 188 Å². The van der Waals surface area contributed by atoms with Crippen molar-refractivity contribution in [2.45, 2.75) is 0 Å². The molecule has 0 aliphatic heterocycles. The lowest BCUT2D eigenvalue weighted by Gasteiger charge is -2.13. The summed E-state index contributed by atoms with van der Waals surface area (Å²) in [5.41, 5.74) is 13.8. The predicted molar refractivity (Wildman–Crippen MR) is 194 cm³/mol. The molecule has 0 atom stereocenters. The third-order valence-electron chi connectivity index (χ3n) is 8.62. The van der Waals surface area contributed by atoms with Crippen molar-refractivity contribution in [3.8, 4) is 67.0 Å². The van der Waals surface area contributed by atoms with Gasteiger partial charge in [-0.1, -0.05) is 152 Å². The van der Waals surface area contributed by atoms with Crippen LogP contribution in [0.4, 0.5) is 0 Å². The first-order valence-corrected chi connectivity index (χ1v) is 15.7. The Balaban J connectivity index is 1.21. The Bertz CT molecular complexity index is 2230. The van der Waals surface area contributed by atoms with Gasteiger partial charge in [-0.05, 0) is 86.3 Å². The van der Waals surface area contributed by atoms with Crippen molar-refractivity contribution in [1.29, 1.82) is 0 Å². The Morgan fingerprint density at radius 2 is 0.652 bits per heavy atom. The molecule has 0 saturated heterocycles. The summed E-state index contributed by atoms with van der Waals surface area (Å²) in [5, 5.41) is 2.35. The van der Waals surface area contributed by atoms with Crippen LogP contribution in [0.3, 0.4) is 0 Å². The summed E-state index contributed by atoms with van der Waals surface area (Å²) in [6.45, 7) is 0. The number of aromatic nitrogens is 1.